The zero-order chi connectivity index (χ0) is 28.5. The van der Waals surface area contributed by atoms with Gasteiger partial charge in [0.05, 0.1) is 29.2 Å². The largest absolute Gasteiger partial charge is 0.461 e. The van der Waals surface area contributed by atoms with Gasteiger partial charge in [-0.3, -0.25) is 14.4 Å². The Labute approximate surface area is 236 Å². The fourth-order valence-corrected chi connectivity index (χ4v) is 9.23. The van der Waals surface area contributed by atoms with E-state index in [2.05, 4.69) is 38.8 Å². The van der Waals surface area contributed by atoms with Crippen molar-refractivity contribution in [3.63, 3.8) is 0 Å². The molecule has 3 unspecified atom stereocenters. The maximum atomic E-state index is 14.6. The lowest BCUT2D eigenvalue weighted by Crippen LogP contribution is -2.59. The first-order chi connectivity index (χ1) is 18.7. The average Bonchev–Trinajstić information content (AvgIpc) is 3.54. The number of amides is 2. The highest BCUT2D eigenvalue weighted by atomic mass is 32.2. The van der Waals surface area contributed by atoms with Crippen LogP contribution in [-0.2, 0) is 19.1 Å². The van der Waals surface area contributed by atoms with Crippen molar-refractivity contribution in [1.29, 1.82) is 0 Å². The number of thioether (sulfide) groups is 1. The second-order valence-corrected chi connectivity index (χ2v) is 12.2. The molecule has 39 heavy (non-hydrogen) atoms. The van der Waals surface area contributed by atoms with Gasteiger partial charge in [0.25, 0.3) is 5.91 Å². The number of nitrogens with zero attached hydrogens (tertiary/aromatic N) is 3. The van der Waals surface area contributed by atoms with E-state index in [1.807, 2.05) is 24.3 Å². The number of hydrogen-bond acceptors (Lipinski definition) is 7. The van der Waals surface area contributed by atoms with Crippen molar-refractivity contribution in [3.05, 3.63) is 49.6 Å². The van der Waals surface area contributed by atoms with Crippen LogP contribution in [0.5, 0.6) is 0 Å². The van der Waals surface area contributed by atoms with Crippen molar-refractivity contribution in [3.8, 4) is 0 Å². The van der Waals surface area contributed by atoms with Gasteiger partial charge in [0, 0.05) is 36.3 Å². The number of anilines is 2. The number of fused-ring (bicyclic) bond motifs is 1. The molecule has 9 heteroatoms. The summed E-state index contributed by atoms with van der Waals surface area (Å²) in [4.78, 5) is 47.4. The Morgan fingerprint density at radius 2 is 1.85 bits per heavy atom. The molecule has 1 spiro atoms. The Morgan fingerprint density at radius 3 is 2.41 bits per heavy atom. The lowest BCUT2D eigenvalue weighted by Gasteiger charge is -2.41. The van der Waals surface area contributed by atoms with Gasteiger partial charge in [0.1, 0.15) is 12.6 Å². The number of hydrogen-bond donors (Lipinski definition) is 1. The van der Waals surface area contributed by atoms with E-state index < -0.39 is 34.6 Å². The lowest BCUT2D eigenvalue weighted by molar-refractivity contribution is -0.153. The Hall–Kier alpha value is -2.78. The van der Waals surface area contributed by atoms with Crippen LogP contribution in [0.25, 0.3) is 0 Å². The van der Waals surface area contributed by atoms with Gasteiger partial charge >= 0.3 is 5.97 Å². The number of benzene rings is 1. The van der Waals surface area contributed by atoms with Crippen LogP contribution in [0.15, 0.2) is 49.6 Å². The van der Waals surface area contributed by atoms with Crippen LogP contribution in [0.3, 0.4) is 0 Å². The normalized spacial score (nSPS) is 29.6. The van der Waals surface area contributed by atoms with Crippen molar-refractivity contribution in [2.24, 2.45) is 17.8 Å². The molecule has 8 nitrogen and oxygen atoms in total. The number of aliphatic hydroxyl groups excluding tert-OH is 1. The van der Waals surface area contributed by atoms with Gasteiger partial charge in [-0.25, -0.2) is 0 Å². The van der Waals surface area contributed by atoms with Crippen LogP contribution in [0.2, 0.25) is 0 Å². The predicted molar refractivity (Wildman–Crippen MR) is 156 cm³/mol. The summed E-state index contributed by atoms with van der Waals surface area (Å²) in [5.41, 5.74) is 1.78. The van der Waals surface area contributed by atoms with Crippen molar-refractivity contribution < 1.29 is 24.2 Å². The molecule has 3 saturated heterocycles. The summed E-state index contributed by atoms with van der Waals surface area (Å²) in [5.74, 6) is -2.20. The van der Waals surface area contributed by atoms with E-state index in [4.69, 9.17) is 4.74 Å². The van der Waals surface area contributed by atoms with Gasteiger partial charge in [-0.05, 0) is 57.4 Å². The molecule has 0 saturated carbocycles. The molecular weight excluding hydrogens is 514 g/mol. The van der Waals surface area contributed by atoms with E-state index in [0.29, 0.717) is 12.1 Å². The van der Waals surface area contributed by atoms with Gasteiger partial charge in [-0.15, -0.1) is 18.3 Å². The van der Waals surface area contributed by atoms with E-state index >= 15 is 0 Å². The summed E-state index contributed by atoms with van der Waals surface area (Å²) in [5, 5.41) is 10.0. The second kappa shape index (κ2) is 11.8. The lowest BCUT2D eigenvalue weighted by atomic mass is 9.66. The van der Waals surface area contributed by atoms with E-state index in [0.717, 1.165) is 18.8 Å². The van der Waals surface area contributed by atoms with Crippen molar-refractivity contribution >= 4 is 40.9 Å². The smallest absolute Gasteiger partial charge is 0.311 e. The summed E-state index contributed by atoms with van der Waals surface area (Å²) >= 11 is 1.59. The molecule has 0 radical (unpaired) electrons. The minimum absolute atomic E-state index is 0.0189. The second-order valence-electron chi connectivity index (χ2n) is 10.7. The van der Waals surface area contributed by atoms with Crippen LogP contribution in [0, 0.1) is 17.8 Å². The topological polar surface area (TPSA) is 90.4 Å². The molecule has 7 atom stereocenters. The first-order valence-corrected chi connectivity index (χ1v) is 14.7. The molecule has 3 fully saturated rings. The molecule has 3 aliphatic rings. The van der Waals surface area contributed by atoms with Crippen LogP contribution in [0.1, 0.15) is 34.1 Å². The minimum atomic E-state index is -0.832. The Balaban J connectivity index is 1.77. The standard InChI is InChI=1S/C30H41N3O5S/c1-7-15-32(22-13-11-21(12-14-22)31(9-3)10-4)28(36)26-30-19(5)17-23(39-30)24(29(37)38-16-8-2)25(30)27(35)33(26)20(6)18-34/h7-8,11-14,19-20,23-26,34H,1-2,9-10,15-18H2,3-6H3/t19?,20-,23+,24-,25+,26?,30?/m1/s1. The first-order valence-electron chi connectivity index (χ1n) is 13.9. The van der Waals surface area contributed by atoms with Gasteiger partial charge in [-0.2, -0.15) is 0 Å². The number of carbonyl (C=O) groups is 3. The quantitative estimate of drug-likeness (QED) is 0.312. The molecule has 0 aromatic heterocycles. The molecule has 0 aliphatic carbocycles. The zero-order valence-electron chi connectivity index (χ0n) is 23.4. The summed E-state index contributed by atoms with van der Waals surface area (Å²) in [7, 11) is 0. The first kappa shape index (κ1) is 29.2. The number of rotatable bonds is 12. The Morgan fingerprint density at radius 1 is 1.21 bits per heavy atom. The van der Waals surface area contributed by atoms with Gasteiger partial charge in [0.2, 0.25) is 5.91 Å². The van der Waals surface area contributed by atoms with Crippen LogP contribution < -0.4 is 9.80 Å². The summed E-state index contributed by atoms with van der Waals surface area (Å²) < 4.78 is 4.64. The Bertz CT molecular complexity index is 1110. The Kier molecular flexibility index (Phi) is 8.81. The van der Waals surface area contributed by atoms with Crippen LogP contribution in [-0.4, -0.2) is 82.7 Å². The number of esters is 1. The third-order valence-corrected chi connectivity index (χ3v) is 10.7. The third kappa shape index (κ3) is 4.67. The fourth-order valence-electron chi connectivity index (χ4n) is 6.84. The zero-order valence-corrected chi connectivity index (χ0v) is 24.2. The highest BCUT2D eigenvalue weighted by Crippen LogP contribution is 2.69. The fraction of sp³-hybridized carbons (Fsp3) is 0.567. The highest BCUT2D eigenvalue weighted by molar-refractivity contribution is 8.02. The molecule has 2 amide bonds. The number of ether oxygens (including phenoxy) is 1. The molecule has 3 aliphatic heterocycles. The highest BCUT2D eigenvalue weighted by Gasteiger charge is 2.77. The molecule has 4 rings (SSSR count). The van der Waals surface area contributed by atoms with E-state index in [-0.39, 0.29) is 42.7 Å². The third-order valence-electron chi connectivity index (χ3n) is 8.64. The van der Waals surface area contributed by atoms with Crippen molar-refractivity contribution in [2.45, 2.75) is 56.2 Å². The van der Waals surface area contributed by atoms with Gasteiger partial charge in [0.15, 0.2) is 0 Å². The van der Waals surface area contributed by atoms with Crippen molar-refractivity contribution in [1.82, 2.24) is 4.90 Å². The van der Waals surface area contributed by atoms with E-state index in [1.54, 1.807) is 34.6 Å². The summed E-state index contributed by atoms with van der Waals surface area (Å²) in [6.45, 7) is 17.3. The number of carbonyl (C=O) groups excluding carboxylic acids is 3. The molecule has 3 heterocycles. The van der Waals surface area contributed by atoms with Crippen LogP contribution >= 0.6 is 11.8 Å². The van der Waals surface area contributed by atoms with Crippen molar-refractivity contribution in [2.75, 3.05) is 42.6 Å². The maximum Gasteiger partial charge on any atom is 0.311 e. The SMILES string of the molecule is C=CCOC(=O)[C@@H]1[C@@H]2CC(C)C3(S2)C(C(=O)N(CC=C)c2ccc(N(CC)CC)cc2)N([C@H](C)CO)C(=O)[C@H]13. The minimum Gasteiger partial charge on any atom is -0.461 e. The molecular formula is C30H41N3O5S. The predicted octanol–water partition coefficient (Wildman–Crippen LogP) is 3.50. The number of likely N-dealkylation sites (tertiary alicyclic amines) is 1. The number of aliphatic hydroxyl groups is 1. The van der Waals surface area contributed by atoms with Crippen LogP contribution in [0.4, 0.5) is 11.4 Å². The average molecular weight is 556 g/mol. The molecule has 212 valence electrons. The van der Waals surface area contributed by atoms with E-state index in [1.165, 1.54) is 6.08 Å². The monoisotopic (exact) mass is 555 g/mol. The molecule has 1 aromatic carbocycles. The van der Waals surface area contributed by atoms with Gasteiger partial charge < -0.3 is 24.5 Å². The molecule has 1 N–H and O–H groups in total. The maximum absolute atomic E-state index is 14.6. The van der Waals surface area contributed by atoms with E-state index in [9.17, 15) is 19.5 Å². The molecule has 1 aromatic rings. The van der Waals surface area contributed by atoms with Gasteiger partial charge in [-0.1, -0.05) is 25.7 Å². The molecule has 2 bridgehead atoms. The summed E-state index contributed by atoms with van der Waals surface area (Å²) in [6.07, 6.45) is 3.91. The summed E-state index contributed by atoms with van der Waals surface area (Å²) in [6, 6.07) is 6.45.